The van der Waals surface area contributed by atoms with Gasteiger partial charge in [-0.15, -0.1) is 0 Å². The van der Waals surface area contributed by atoms with Crippen LogP contribution >= 0.6 is 0 Å². The van der Waals surface area contributed by atoms with Crippen molar-refractivity contribution in [1.29, 1.82) is 0 Å². The number of rotatable bonds is 0. The summed E-state index contributed by atoms with van der Waals surface area (Å²) in [5.41, 5.74) is 1.05. The predicted octanol–water partition coefficient (Wildman–Crippen LogP) is 0.784. The quantitative estimate of drug-likeness (QED) is 0.405. The van der Waals surface area contributed by atoms with Gasteiger partial charge in [-0.25, -0.2) is 4.79 Å². The van der Waals surface area contributed by atoms with Gasteiger partial charge in [0.2, 0.25) is 0 Å². The molecule has 2 atom stereocenters. The van der Waals surface area contributed by atoms with E-state index in [4.69, 9.17) is 0 Å². The smallest absolute Gasteiger partial charge is 0.123 e. The molecule has 0 radical (unpaired) electrons. The first-order valence-corrected chi connectivity index (χ1v) is 2.65. The van der Waals surface area contributed by atoms with Crippen molar-refractivity contribution in [1.82, 2.24) is 0 Å². The Morgan fingerprint density at radius 1 is 1.71 bits per heavy atom. The summed E-state index contributed by atoms with van der Waals surface area (Å²) in [5, 5.41) is 0. The SMILES string of the molecule is O=C=C1C[C@H]2C[C@@H]12. The Morgan fingerprint density at radius 2 is 2.57 bits per heavy atom. The number of carbonyl (C=O) groups excluding carboxylic acids is 1. The highest BCUT2D eigenvalue weighted by Gasteiger charge is 2.50. The highest BCUT2D eigenvalue weighted by molar-refractivity contribution is 5.58. The van der Waals surface area contributed by atoms with Crippen LogP contribution in [0.4, 0.5) is 0 Å². The van der Waals surface area contributed by atoms with Crippen LogP contribution in [0.25, 0.3) is 0 Å². The van der Waals surface area contributed by atoms with Crippen molar-refractivity contribution in [3.63, 3.8) is 0 Å². The molecule has 7 heavy (non-hydrogen) atoms. The van der Waals surface area contributed by atoms with Crippen molar-refractivity contribution in [3.8, 4) is 0 Å². The molecular formula is C6H6O. The second-order valence-electron chi connectivity index (χ2n) is 2.43. The maximum atomic E-state index is 9.86. The van der Waals surface area contributed by atoms with Gasteiger partial charge < -0.3 is 0 Å². The van der Waals surface area contributed by atoms with E-state index in [1.165, 1.54) is 6.42 Å². The lowest BCUT2D eigenvalue weighted by Crippen LogP contribution is -2.01. The lowest BCUT2D eigenvalue weighted by atomic mass is 9.94. The third-order valence-corrected chi connectivity index (χ3v) is 1.98. The average molecular weight is 94.1 g/mol. The summed E-state index contributed by atoms with van der Waals surface area (Å²) in [4.78, 5) is 9.86. The first-order chi connectivity index (χ1) is 3.42. The molecule has 1 heteroatoms. The maximum Gasteiger partial charge on any atom is 0.123 e. The molecule has 2 aliphatic rings. The molecule has 0 aromatic rings. The number of allylic oxidation sites excluding steroid dienone is 1. The summed E-state index contributed by atoms with van der Waals surface area (Å²) < 4.78 is 0. The van der Waals surface area contributed by atoms with E-state index in [0.717, 1.165) is 17.9 Å². The molecule has 2 aliphatic carbocycles. The van der Waals surface area contributed by atoms with E-state index in [2.05, 4.69) is 0 Å². The Bertz CT molecular complexity index is 154. The summed E-state index contributed by atoms with van der Waals surface area (Å²) in [6, 6.07) is 0. The molecule has 0 bridgehead atoms. The van der Waals surface area contributed by atoms with Crippen LogP contribution in [0, 0.1) is 11.8 Å². The molecule has 0 N–H and O–H groups in total. The second kappa shape index (κ2) is 0.823. The van der Waals surface area contributed by atoms with Crippen LogP contribution in [0.2, 0.25) is 0 Å². The van der Waals surface area contributed by atoms with Gasteiger partial charge in [0.1, 0.15) is 5.94 Å². The molecular weight excluding hydrogens is 88.1 g/mol. The largest absolute Gasteiger partial charge is 0.234 e. The number of fused-ring (bicyclic) bond motifs is 1. The summed E-state index contributed by atoms with van der Waals surface area (Å²) in [6.45, 7) is 0. The molecule has 1 nitrogen and oxygen atoms in total. The van der Waals surface area contributed by atoms with Crippen LogP contribution < -0.4 is 0 Å². The fourth-order valence-corrected chi connectivity index (χ4v) is 1.29. The zero-order valence-electron chi connectivity index (χ0n) is 3.98. The van der Waals surface area contributed by atoms with Crippen molar-refractivity contribution in [2.24, 2.45) is 11.8 Å². The minimum Gasteiger partial charge on any atom is -0.234 e. The first kappa shape index (κ1) is 3.45. The summed E-state index contributed by atoms with van der Waals surface area (Å²) in [5.74, 6) is 3.58. The third kappa shape index (κ3) is 0.272. The van der Waals surface area contributed by atoms with Crippen LogP contribution in [0.3, 0.4) is 0 Å². The van der Waals surface area contributed by atoms with Crippen molar-refractivity contribution < 1.29 is 4.79 Å². The van der Waals surface area contributed by atoms with Crippen LogP contribution in [-0.4, -0.2) is 5.94 Å². The number of hydrogen-bond acceptors (Lipinski definition) is 1. The van der Waals surface area contributed by atoms with E-state index in [9.17, 15) is 4.79 Å². The Kier molecular flexibility index (Phi) is 0.406. The minimum absolute atomic E-state index is 0.706. The highest BCUT2D eigenvalue weighted by Crippen LogP contribution is 2.58. The highest BCUT2D eigenvalue weighted by atomic mass is 16.1. The van der Waals surface area contributed by atoms with Gasteiger partial charge >= 0.3 is 0 Å². The Labute approximate surface area is 42.0 Å². The molecule has 0 aliphatic heterocycles. The topological polar surface area (TPSA) is 17.1 Å². The van der Waals surface area contributed by atoms with Crippen molar-refractivity contribution >= 4 is 5.94 Å². The molecule has 2 saturated carbocycles. The molecule has 2 rings (SSSR count). The van der Waals surface area contributed by atoms with E-state index in [1.54, 1.807) is 0 Å². The predicted molar refractivity (Wildman–Crippen MR) is 25.4 cm³/mol. The molecule has 2 fully saturated rings. The van der Waals surface area contributed by atoms with Crippen molar-refractivity contribution in [3.05, 3.63) is 5.57 Å². The fraction of sp³-hybridized carbons (Fsp3) is 0.667. The summed E-state index contributed by atoms with van der Waals surface area (Å²) >= 11 is 0. The van der Waals surface area contributed by atoms with Gasteiger partial charge in [-0.2, -0.15) is 0 Å². The van der Waals surface area contributed by atoms with Gasteiger partial charge in [-0.3, -0.25) is 0 Å². The molecule has 0 spiro atoms. The van der Waals surface area contributed by atoms with E-state index in [0.29, 0.717) is 5.92 Å². The van der Waals surface area contributed by atoms with Crippen LogP contribution in [-0.2, 0) is 4.79 Å². The second-order valence-corrected chi connectivity index (χ2v) is 2.43. The van der Waals surface area contributed by atoms with Gasteiger partial charge in [-0.1, -0.05) is 0 Å². The van der Waals surface area contributed by atoms with E-state index >= 15 is 0 Å². The molecule has 0 aromatic heterocycles. The lowest BCUT2D eigenvalue weighted by molar-refractivity contribution is 0.550. The molecule has 0 aromatic carbocycles. The maximum absolute atomic E-state index is 9.86. The number of hydrogen-bond donors (Lipinski definition) is 0. The van der Waals surface area contributed by atoms with E-state index < -0.39 is 0 Å². The molecule has 0 amide bonds. The van der Waals surface area contributed by atoms with Gasteiger partial charge in [0.15, 0.2) is 0 Å². The van der Waals surface area contributed by atoms with Crippen LogP contribution in [0.15, 0.2) is 5.57 Å². The fourth-order valence-electron chi connectivity index (χ4n) is 1.29. The van der Waals surface area contributed by atoms with Crippen LogP contribution in [0.1, 0.15) is 12.8 Å². The van der Waals surface area contributed by atoms with E-state index in [-0.39, 0.29) is 0 Å². The van der Waals surface area contributed by atoms with Crippen LogP contribution in [0.5, 0.6) is 0 Å². The monoisotopic (exact) mass is 94.0 g/mol. The molecule has 36 valence electrons. The minimum atomic E-state index is 0.706. The Balaban J connectivity index is 2.30. The average Bonchev–Trinajstić information content (AvgIpc) is 2.18. The standard InChI is InChI=1S/C6H6O/c7-3-5-1-4-2-6(4)5/h4,6H,1-2H2/t4-,6+/m0/s1. The summed E-state index contributed by atoms with van der Waals surface area (Å²) in [7, 11) is 0. The van der Waals surface area contributed by atoms with E-state index in [1.807, 2.05) is 5.94 Å². The molecule has 0 saturated heterocycles. The van der Waals surface area contributed by atoms with Gasteiger partial charge in [0.05, 0.1) is 0 Å². The van der Waals surface area contributed by atoms with Crippen molar-refractivity contribution in [2.75, 3.05) is 0 Å². The molecule has 0 unspecified atom stereocenters. The first-order valence-electron chi connectivity index (χ1n) is 2.65. The van der Waals surface area contributed by atoms with Crippen molar-refractivity contribution in [2.45, 2.75) is 12.8 Å². The zero-order valence-corrected chi connectivity index (χ0v) is 3.98. The third-order valence-electron chi connectivity index (χ3n) is 1.98. The summed E-state index contributed by atoms with van der Waals surface area (Å²) in [6.07, 6.45) is 2.35. The van der Waals surface area contributed by atoms with Gasteiger partial charge in [0.25, 0.3) is 0 Å². The Hall–Kier alpha value is -0.550. The lowest BCUT2D eigenvalue weighted by Gasteiger charge is -2.08. The zero-order chi connectivity index (χ0) is 4.85. The van der Waals surface area contributed by atoms with Gasteiger partial charge in [-0.05, 0) is 24.7 Å². The Morgan fingerprint density at radius 3 is 2.71 bits per heavy atom. The normalized spacial score (nSPS) is 43.7. The molecule has 0 heterocycles. The van der Waals surface area contributed by atoms with Gasteiger partial charge in [0, 0.05) is 5.57 Å².